The van der Waals surface area contributed by atoms with Crippen LogP contribution in [0.3, 0.4) is 0 Å². The van der Waals surface area contributed by atoms with E-state index in [2.05, 4.69) is 5.32 Å². The van der Waals surface area contributed by atoms with Gasteiger partial charge in [0.1, 0.15) is 5.75 Å². The number of hydrogen-bond acceptors (Lipinski definition) is 4. The molecule has 160 valence electrons. The van der Waals surface area contributed by atoms with E-state index in [4.69, 9.17) is 9.47 Å². The van der Waals surface area contributed by atoms with E-state index >= 15 is 0 Å². The molecule has 0 spiro atoms. The van der Waals surface area contributed by atoms with Crippen LogP contribution in [0.15, 0.2) is 78.9 Å². The zero-order valence-electron chi connectivity index (χ0n) is 17.8. The molecular formula is C26H27NO4. The summed E-state index contributed by atoms with van der Waals surface area (Å²) in [6, 6.07) is 25.0. The third-order valence-electron chi connectivity index (χ3n) is 4.82. The number of hydrogen-bond donors (Lipinski definition) is 1. The minimum absolute atomic E-state index is 0.169. The van der Waals surface area contributed by atoms with E-state index in [0.29, 0.717) is 18.7 Å². The fraction of sp³-hybridized carbons (Fsp3) is 0.231. The van der Waals surface area contributed by atoms with E-state index in [1.807, 2.05) is 85.8 Å². The monoisotopic (exact) mass is 417 g/mol. The van der Waals surface area contributed by atoms with E-state index in [-0.39, 0.29) is 12.3 Å². The second-order valence-corrected chi connectivity index (χ2v) is 7.07. The molecule has 3 aromatic carbocycles. The summed E-state index contributed by atoms with van der Waals surface area (Å²) in [5.74, 6) is -0.0298. The molecule has 0 bridgehead atoms. The lowest BCUT2D eigenvalue weighted by molar-refractivity contribution is -0.153. The second-order valence-electron chi connectivity index (χ2n) is 7.07. The van der Waals surface area contributed by atoms with Crippen molar-refractivity contribution in [3.8, 4) is 16.9 Å². The van der Waals surface area contributed by atoms with E-state index in [9.17, 15) is 9.59 Å². The molecule has 0 aliphatic heterocycles. The molecule has 1 amide bonds. The van der Waals surface area contributed by atoms with Gasteiger partial charge in [0.15, 0.2) is 6.10 Å². The maximum atomic E-state index is 12.6. The van der Waals surface area contributed by atoms with E-state index in [0.717, 1.165) is 22.4 Å². The van der Waals surface area contributed by atoms with Crippen LogP contribution in [0.4, 0.5) is 5.69 Å². The Kier molecular flexibility index (Phi) is 7.82. The molecule has 5 nitrogen and oxygen atoms in total. The van der Waals surface area contributed by atoms with Crippen molar-refractivity contribution in [3.63, 3.8) is 0 Å². The predicted octanol–water partition coefficient (Wildman–Crippen LogP) is 5.26. The number of ether oxygens (including phenoxy) is 2. The van der Waals surface area contributed by atoms with Gasteiger partial charge in [-0.1, -0.05) is 66.7 Å². The van der Waals surface area contributed by atoms with Gasteiger partial charge >= 0.3 is 5.97 Å². The highest BCUT2D eigenvalue weighted by Crippen LogP contribution is 2.27. The fourth-order valence-corrected chi connectivity index (χ4v) is 3.25. The van der Waals surface area contributed by atoms with Gasteiger partial charge in [-0.3, -0.25) is 9.59 Å². The molecule has 1 atom stereocenters. The van der Waals surface area contributed by atoms with Gasteiger partial charge in [0.25, 0.3) is 5.91 Å². The van der Waals surface area contributed by atoms with Crippen molar-refractivity contribution >= 4 is 17.6 Å². The van der Waals surface area contributed by atoms with Gasteiger partial charge in [0.2, 0.25) is 0 Å². The highest BCUT2D eigenvalue weighted by molar-refractivity contribution is 5.98. The maximum absolute atomic E-state index is 12.6. The fourth-order valence-electron chi connectivity index (χ4n) is 3.25. The number of carbonyl (C=O) groups excluding carboxylic acids is 2. The highest BCUT2D eigenvalue weighted by atomic mass is 16.5. The molecule has 3 rings (SSSR count). The van der Waals surface area contributed by atoms with Gasteiger partial charge in [-0.05, 0) is 43.5 Å². The summed E-state index contributed by atoms with van der Waals surface area (Å²) in [6.45, 7) is 4.05. The Morgan fingerprint density at radius 1 is 0.903 bits per heavy atom. The van der Waals surface area contributed by atoms with Crippen LogP contribution >= 0.6 is 0 Å². The molecule has 0 aliphatic carbocycles. The minimum Gasteiger partial charge on any atom is -0.494 e. The number of nitrogens with one attached hydrogen (secondary N) is 1. The van der Waals surface area contributed by atoms with E-state index < -0.39 is 12.1 Å². The van der Waals surface area contributed by atoms with E-state index in [1.54, 1.807) is 6.92 Å². The maximum Gasteiger partial charge on any atom is 0.306 e. The normalized spacial score (nSPS) is 11.4. The van der Waals surface area contributed by atoms with Crippen molar-refractivity contribution in [2.75, 3.05) is 11.9 Å². The second kappa shape index (κ2) is 11.0. The standard InChI is InChI=1S/C26H27NO4/c1-3-30-24-16-10-7-13-21(24)17-18-25(28)31-19(2)26(29)27-23-15-9-8-14-22(23)20-11-5-4-6-12-20/h4-16,19H,3,17-18H2,1-2H3,(H,27,29)/t19-/m1/s1. The average molecular weight is 418 g/mol. The number of aryl methyl sites for hydroxylation is 1. The van der Waals surface area contributed by atoms with Crippen LogP contribution < -0.4 is 10.1 Å². The van der Waals surface area contributed by atoms with Gasteiger partial charge in [0.05, 0.1) is 6.61 Å². The summed E-state index contributed by atoms with van der Waals surface area (Å²) in [6.07, 6.45) is -0.249. The molecule has 3 aromatic rings. The molecule has 0 unspecified atom stereocenters. The molecule has 0 aromatic heterocycles. The Hall–Kier alpha value is -3.60. The van der Waals surface area contributed by atoms with Crippen molar-refractivity contribution in [3.05, 3.63) is 84.4 Å². The molecule has 31 heavy (non-hydrogen) atoms. The third-order valence-corrected chi connectivity index (χ3v) is 4.82. The first-order valence-corrected chi connectivity index (χ1v) is 10.4. The lowest BCUT2D eigenvalue weighted by Crippen LogP contribution is -2.30. The topological polar surface area (TPSA) is 64.6 Å². The number of carbonyl (C=O) groups is 2. The van der Waals surface area contributed by atoms with Crippen LogP contribution in [0.1, 0.15) is 25.8 Å². The van der Waals surface area contributed by atoms with Crippen LogP contribution in [0.25, 0.3) is 11.1 Å². The van der Waals surface area contributed by atoms with Crippen molar-refractivity contribution in [2.24, 2.45) is 0 Å². The SMILES string of the molecule is CCOc1ccccc1CCC(=O)O[C@H](C)C(=O)Nc1ccccc1-c1ccccc1. The number of anilines is 1. The Labute approximate surface area is 183 Å². The molecule has 0 aliphatic rings. The summed E-state index contributed by atoms with van der Waals surface area (Å²) >= 11 is 0. The van der Waals surface area contributed by atoms with Crippen molar-refractivity contribution < 1.29 is 19.1 Å². The van der Waals surface area contributed by atoms with E-state index in [1.165, 1.54) is 0 Å². The molecule has 0 saturated heterocycles. The lowest BCUT2D eigenvalue weighted by Gasteiger charge is -2.16. The minimum atomic E-state index is -0.904. The quantitative estimate of drug-likeness (QED) is 0.483. The van der Waals surface area contributed by atoms with Crippen LogP contribution in [0.5, 0.6) is 5.75 Å². The Balaban J connectivity index is 1.57. The molecular weight excluding hydrogens is 390 g/mol. The summed E-state index contributed by atoms with van der Waals surface area (Å²) in [7, 11) is 0. The number of benzene rings is 3. The summed E-state index contributed by atoms with van der Waals surface area (Å²) in [4.78, 5) is 24.9. The zero-order valence-corrected chi connectivity index (χ0v) is 17.8. The smallest absolute Gasteiger partial charge is 0.306 e. The van der Waals surface area contributed by atoms with Crippen LogP contribution in [-0.4, -0.2) is 24.6 Å². The number of para-hydroxylation sites is 2. The molecule has 1 N–H and O–H groups in total. The van der Waals surface area contributed by atoms with Crippen LogP contribution in [-0.2, 0) is 20.7 Å². The first-order valence-electron chi connectivity index (χ1n) is 10.4. The van der Waals surface area contributed by atoms with Crippen LogP contribution in [0.2, 0.25) is 0 Å². The largest absolute Gasteiger partial charge is 0.494 e. The average Bonchev–Trinajstić information content (AvgIpc) is 2.79. The first kappa shape index (κ1) is 22.1. The molecule has 0 saturated carbocycles. The van der Waals surface area contributed by atoms with Gasteiger partial charge in [-0.2, -0.15) is 0 Å². The van der Waals surface area contributed by atoms with Crippen molar-refractivity contribution in [1.29, 1.82) is 0 Å². The third kappa shape index (κ3) is 6.19. The van der Waals surface area contributed by atoms with Crippen molar-refractivity contribution in [1.82, 2.24) is 0 Å². The molecule has 0 heterocycles. The van der Waals surface area contributed by atoms with Gasteiger partial charge in [0, 0.05) is 17.7 Å². The first-order chi connectivity index (χ1) is 15.1. The molecule has 5 heteroatoms. The Bertz CT molecular complexity index is 1020. The highest BCUT2D eigenvalue weighted by Gasteiger charge is 2.19. The number of rotatable bonds is 9. The number of esters is 1. The Morgan fingerprint density at radius 2 is 1.58 bits per heavy atom. The van der Waals surface area contributed by atoms with Crippen molar-refractivity contribution in [2.45, 2.75) is 32.8 Å². The van der Waals surface area contributed by atoms with Gasteiger partial charge in [-0.15, -0.1) is 0 Å². The lowest BCUT2D eigenvalue weighted by atomic mass is 10.0. The van der Waals surface area contributed by atoms with Gasteiger partial charge < -0.3 is 14.8 Å². The van der Waals surface area contributed by atoms with Gasteiger partial charge in [-0.25, -0.2) is 0 Å². The van der Waals surface area contributed by atoms with Crippen LogP contribution in [0, 0.1) is 0 Å². The summed E-state index contributed by atoms with van der Waals surface area (Å²) < 4.78 is 10.9. The number of amides is 1. The summed E-state index contributed by atoms with van der Waals surface area (Å²) in [5.41, 5.74) is 3.51. The molecule has 0 radical (unpaired) electrons. The zero-order chi connectivity index (χ0) is 22.1. The summed E-state index contributed by atoms with van der Waals surface area (Å²) in [5, 5.41) is 2.88. The Morgan fingerprint density at radius 3 is 2.35 bits per heavy atom. The molecule has 0 fully saturated rings. The predicted molar refractivity (Wildman–Crippen MR) is 122 cm³/mol.